The highest BCUT2D eigenvalue weighted by Crippen LogP contribution is 2.31. The van der Waals surface area contributed by atoms with Gasteiger partial charge in [0, 0.05) is 24.5 Å². The summed E-state index contributed by atoms with van der Waals surface area (Å²) in [6, 6.07) is 5.51. The van der Waals surface area contributed by atoms with Gasteiger partial charge in [-0.15, -0.1) is 12.4 Å². The van der Waals surface area contributed by atoms with E-state index in [4.69, 9.17) is 21.8 Å². The molecule has 1 heterocycles. The van der Waals surface area contributed by atoms with Crippen LogP contribution in [0.2, 0.25) is 5.02 Å². The normalized spacial score (nSPS) is 11.4. The highest BCUT2D eigenvalue weighted by molar-refractivity contribution is 6.35. The SMILES string of the molecule is Cc1c(C(=O)N(C)CC(C)(C)CN)oc2c(Cl)cccc12.Cl. The zero-order valence-electron chi connectivity index (χ0n) is 13.3. The second-order valence-electron chi connectivity index (χ2n) is 6.20. The summed E-state index contributed by atoms with van der Waals surface area (Å²) in [4.78, 5) is 14.2. The highest BCUT2D eigenvalue weighted by Gasteiger charge is 2.26. The van der Waals surface area contributed by atoms with Crippen molar-refractivity contribution in [2.24, 2.45) is 11.1 Å². The molecule has 2 N–H and O–H groups in total. The third kappa shape index (κ3) is 3.57. The van der Waals surface area contributed by atoms with Gasteiger partial charge in [-0.3, -0.25) is 4.79 Å². The monoisotopic (exact) mass is 344 g/mol. The number of amides is 1. The quantitative estimate of drug-likeness (QED) is 0.915. The van der Waals surface area contributed by atoms with E-state index in [0.29, 0.717) is 29.5 Å². The predicted molar refractivity (Wildman–Crippen MR) is 93.0 cm³/mol. The fourth-order valence-electron chi connectivity index (χ4n) is 2.36. The Morgan fingerprint density at radius 1 is 1.41 bits per heavy atom. The molecule has 0 saturated carbocycles. The Kier molecular flexibility index (Phi) is 5.90. The van der Waals surface area contributed by atoms with Crippen LogP contribution in [0, 0.1) is 12.3 Å². The van der Waals surface area contributed by atoms with Crippen LogP contribution in [-0.4, -0.2) is 30.9 Å². The summed E-state index contributed by atoms with van der Waals surface area (Å²) in [5.41, 5.74) is 6.96. The standard InChI is InChI=1S/C16H21ClN2O2.ClH/c1-10-11-6-5-7-12(17)14(11)21-13(10)15(20)19(4)9-16(2,3)8-18;/h5-7H,8-9,18H2,1-4H3;1H. The van der Waals surface area contributed by atoms with E-state index < -0.39 is 0 Å². The van der Waals surface area contributed by atoms with Crippen LogP contribution in [0.5, 0.6) is 0 Å². The average Bonchev–Trinajstić information content (AvgIpc) is 2.77. The first kappa shape index (κ1) is 18.8. The summed E-state index contributed by atoms with van der Waals surface area (Å²) in [6.45, 7) is 7.00. The van der Waals surface area contributed by atoms with E-state index in [2.05, 4.69) is 0 Å². The number of nitrogens with two attached hydrogens (primary N) is 1. The molecule has 1 aromatic heterocycles. The van der Waals surface area contributed by atoms with Gasteiger partial charge < -0.3 is 15.1 Å². The summed E-state index contributed by atoms with van der Waals surface area (Å²) in [5.74, 6) is 0.190. The highest BCUT2D eigenvalue weighted by atomic mass is 35.5. The number of furan rings is 1. The van der Waals surface area contributed by atoms with Gasteiger partial charge >= 0.3 is 0 Å². The molecule has 0 aliphatic rings. The molecule has 0 radical (unpaired) electrons. The molecule has 1 aromatic carbocycles. The van der Waals surface area contributed by atoms with Crippen molar-refractivity contribution in [3.63, 3.8) is 0 Å². The maximum atomic E-state index is 12.6. The summed E-state index contributed by atoms with van der Waals surface area (Å²) < 4.78 is 5.71. The minimum atomic E-state index is -0.152. The molecule has 2 rings (SSSR count). The lowest BCUT2D eigenvalue weighted by Gasteiger charge is -2.28. The number of carbonyl (C=O) groups excluding carboxylic acids is 1. The summed E-state index contributed by atoms with van der Waals surface area (Å²) in [6.07, 6.45) is 0. The lowest BCUT2D eigenvalue weighted by molar-refractivity contribution is 0.0710. The van der Waals surface area contributed by atoms with E-state index in [1.54, 1.807) is 18.0 Å². The summed E-state index contributed by atoms with van der Waals surface area (Å²) in [7, 11) is 1.76. The Hall–Kier alpha value is -1.23. The number of para-hydroxylation sites is 1. The molecule has 0 fully saturated rings. The average molecular weight is 345 g/mol. The fourth-order valence-corrected chi connectivity index (χ4v) is 2.58. The van der Waals surface area contributed by atoms with Gasteiger partial charge in [0.25, 0.3) is 5.91 Å². The van der Waals surface area contributed by atoms with E-state index >= 15 is 0 Å². The maximum absolute atomic E-state index is 12.6. The third-order valence-electron chi connectivity index (χ3n) is 3.67. The fraction of sp³-hybridized carbons (Fsp3) is 0.438. The Balaban J connectivity index is 0.00000242. The Labute approximate surface area is 142 Å². The van der Waals surface area contributed by atoms with E-state index in [-0.39, 0.29) is 23.7 Å². The van der Waals surface area contributed by atoms with Crippen LogP contribution >= 0.6 is 24.0 Å². The van der Waals surface area contributed by atoms with Gasteiger partial charge in [-0.1, -0.05) is 37.6 Å². The van der Waals surface area contributed by atoms with Gasteiger partial charge in [0.15, 0.2) is 11.3 Å². The van der Waals surface area contributed by atoms with Crippen molar-refractivity contribution in [3.05, 3.63) is 34.5 Å². The van der Waals surface area contributed by atoms with Crippen molar-refractivity contribution < 1.29 is 9.21 Å². The van der Waals surface area contributed by atoms with E-state index in [9.17, 15) is 4.79 Å². The Morgan fingerprint density at radius 2 is 2.05 bits per heavy atom. The molecular formula is C16H22Cl2N2O2. The van der Waals surface area contributed by atoms with Gasteiger partial charge in [0.2, 0.25) is 0 Å². The molecule has 0 aliphatic heterocycles. The van der Waals surface area contributed by atoms with Crippen LogP contribution < -0.4 is 5.73 Å². The van der Waals surface area contributed by atoms with E-state index in [1.807, 2.05) is 32.9 Å². The summed E-state index contributed by atoms with van der Waals surface area (Å²) in [5, 5.41) is 1.39. The number of aryl methyl sites for hydroxylation is 1. The maximum Gasteiger partial charge on any atom is 0.289 e. The van der Waals surface area contributed by atoms with Gasteiger partial charge in [0.1, 0.15) is 0 Å². The van der Waals surface area contributed by atoms with Crippen LogP contribution in [0.4, 0.5) is 0 Å². The molecule has 0 bridgehead atoms. The van der Waals surface area contributed by atoms with Crippen LogP contribution in [0.1, 0.15) is 30.0 Å². The first-order valence-electron chi connectivity index (χ1n) is 6.90. The van der Waals surface area contributed by atoms with E-state index in [0.717, 1.165) is 10.9 Å². The predicted octanol–water partition coefficient (Wildman–Crippen LogP) is 3.87. The molecule has 122 valence electrons. The number of fused-ring (bicyclic) bond motifs is 1. The minimum absolute atomic E-state index is 0. The molecule has 1 amide bonds. The zero-order valence-corrected chi connectivity index (χ0v) is 14.8. The third-order valence-corrected chi connectivity index (χ3v) is 3.97. The molecule has 0 unspecified atom stereocenters. The van der Waals surface area contributed by atoms with Crippen LogP contribution in [-0.2, 0) is 0 Å². The Morgan fingerprint density at radius 3 is 2.59 bits per heavy atom. The first-order chi connectivity index (χ1) is 9.76. The van der Waals surface area contributed by atoms with Crippen molar-refractivity contribution >= 4 is 40.9 Å². The second kappa shape index (κ2) is 6.90. The van der Waals surface area contributed by atoms with Crippen LogP contribution in [0.15, 0.2) is 22.6 Å². The zero-order chi connectivity index (χ0) is 15.8. The largest absolute Gasteiger partial charge is 0.449 e. The van der Waals surface area contributed by atoms with E-state index in [1.165, 1.54) is 0 Å². The number of rotatable bonds is 4. The van der Waals surface area contributed by atoms with Crippen LogP contribution in [0.25, 0.3) is 11.0 Å². The van der Waals surface area contributed by atoms with Gasteiger partial charge in [-0.25, -0.2) is 0 Å². The number of nitrogens with zero attached hydrogens (tertiary/aromatic N) is 1. The number of hydrogen-bond donors (Lipinski definition) is 1. The Bertz CT molecular complexity index is 680. The number of halogens is 2. The van der Waals surface area contributed by atoms with Crippen molar-refractivity contribution in [2.75, 3.05) is 20.1 Å². The minimum Gasteiger partial charge on any atom is -0.449 e. The topological polar surface area (TPSA) is 59.5 Å². The van der Waals surface area contributed by atoms with Crippen molar-refractivity contribution in [3.8, 4) is 0 Å². The van der Waals surface area contributed by atoms with Gasteiger partial charge in [-0.05, 0) is 24.9 Å². The first-order valence-corrected chi connectivity index (χ1v) is 7.28. The second-order valence-corrected chi connectivity index (χ2v) is 6.61. The van der Waals surface area contributed by atoms with Crippen molar-refractivity contribution in [1.29, 1.82) is 0 Å². The van der Waals surface area contributed by atoms with Crippen molar-refractivity contribution in [2.45, 2.75) is 20.8 Å². The molecule has 0 atom stereocenters. The number of carbonyl (C=O) groups is 1. The molecule has 0 spiro atoms. The van der Waals surface area contributed by atoms with Gasteiger partial charge in [0.05, 0.1) is 5.02 Å². The lowest BCUT2D eigenvalue weighted by atomic mass is 9.93. The lowest BCUT2D eigenvalue weighted by Crippen LogP contribution is -2.39. The molecular weight excluding hydrogens is 323 g/mol. The molecule has 0 saturated heterocycles. The summed E-state index contributed by atoms with van der Waals surface area (Å²) >= 11 is 6.12. The molecule has 22 heavy (non-hydrogen) atoms. The molecule has 2 aromatic rings. The molecule has 6 heteroatoms. The van der Waals surface area contributed by atoms with Crippen molar-refractivity contribution in [1.82, 2.24) is 4.90 Å². The number of hydrogen-bond acceptors (Lipinski definition) is 3. The van der Waals surface area contributed by atoms with Crippen LogP contribution in [0.3, 0.4) is 0 Å². The molecule has 4 nitrogen and oxygen atoms in total. The number of benzene rings is 1. The molecule has 0 aliphatic carbocycles. The van der Waals surface area contributed by atoms with Gasteiger partial charge in [-0.2, -0.15) is 0 Å². The smallest absolute Gasteiger partial charge is 0.289 e.